The second-order valence-electron chi connectivity index (χ2n) is 8.30. The van der Waals surface area contributed by atoms with Gasteiger partial charge in [-0.3, -0.25) is 4.31 Å². The van der Waals surface area contributed by atoms with Crippen molar-refractivity contribution in [3.63, 3.8) is 0 Å². The minimum Gasteiger partial charge on any atom is -0.252 e. The highest BCUT2D eigenvalue weighted by molar-refractivity contribution is 7.93. The third-order valence-electron chi connectivity index (χ3n) is 5.90. The van der Waals surface area contributed by atoms with Gasteiger partial charge >= 0.3 is 6.18 Å². The molecule has 0 N–H and O–H groups in total. The van der Waals surface area contributed by atoms with Crippen molar-refractivity contribution in [1.82, 2.24) is 9.78 Å². The molecule has 0 aliphatic rings. The first kappa shape index (κ1) is 25.0. The molecule has 0 saturated heterocycles. The van der Waals surface area contributed by atoms with Gasteiger partial charge in [-0.25, -0.2) is 17.5 Å². The summed E-state index contributed by atoms with van der Waals surface area (Å²) < 4.78 is 85.4. The standard InChI is InChI=1S/C26H19F4N3O2S2/c1-17-21-5-2-3-6-24(21)36-25(17)33(16-18-7-12-23(27)22(15-18)26(28,29)30)37(34,35)20-10-8-19(9-11-20)32-14-4-13-31-32/h2-15H,16H2,1H3. The number of hydrogen-bond acceptors (Lipinski definition) is 4. The van der Waals surface area contributed by atoms with Gasteiger partial charge in [0.1, 0.15) is 10.8 Å². The Hall–Kier alpha value is -3.70. The lowest BCUT2D eigenvalue weighted by Gasteiger charge is -2.25. The van der Waals surface area contributed by atoms with Crippen LogP contribution in [0.1, 0.15) is 16.7 Å². The molecule has 190 valence electrons. The van der Waals surface area contributed by atoms with Gasteiger partial charge in [0.05, 0.1) is 22.7 Å². The Morgan fingerprint density at radius 3 is 2.38 bits per heavy atom. The van der Waals surface area contributed by atoms with Crippen LogP contribution in [0.25, 0.3) is 15.8 Å². The Morgan fingerprint density at radius 2 is 1.73 bits per heavy atom. The number of anilines is 1. The van der Waals surface area contributed by atoms with Crippen LogP contribution < -0.4 is 4.31 Å². The topological polar surface area (TPSA) is 55.2 Å². The van der Waals surface area contributed by atoms with E-state index in [9.17, 15) is 26.0 Å². The van der Waals surface area contributed by atoms with Crippen LogP contribution in [0.5, 0.6) is 0 Å². The summed E-state index contributed by atoms with van der Waals surface area (Å²) in [5, 5.41) is 5.33. The number of benzene rings is 3. The summed E-state index contributed by atoms with van der Waals surface area (Å²) in [5.74, 6) is -1.42. The predicted octanol–water partition coefficient (Wildman–Crippen LogP) is 6.95. The van der Waals surface area contributed by atoms with E-state index in [0.29, 0.717) is 28.4 Å². The number of thiophene rings is 1. The van der Waals surface area contributed by atoms with Gasteiger partial charge in [-0.1, -0.05) is 24.3 Å². The van der Waals surface area contributed by atoms with E-state index in [1.165, 1.54) is 23.5 Å². The number of nitrogens with zero attached hydrogens (tertiary/aromatic N) is 3. The van der Waals surface area contributed by atoms with Gasteiger partial charge in [-0.15, -0.1) is 11.3 Å². The molecule has 0 fully saturated rings. The van der Waals surface area contributed by atoms with E-state index >= 15 is 0 Å². The molecule has 0 aliphatic carbocycles. The second-order valence-corrected chi connectivity index (χ2v) is 11.2. The number of hydrogen-bond donors (Lipinski definition) is 0. The summed E-state index contributed by atoms with van der Waals surface area (Å²) in [7, 11) is -4.23. The maximum absolute atomic E-state index is 13.9. The number of aromatic nitrogens is 2. The Bertz CT molecular complexity index is 1680. The minimum atomic E-state index is -4.92. The molecule has 0 bridgehead atoms. The van der Waals surface area contributed by atoms with E-state index in [2.05, 4.69) is 5.10 Å². The van der Waals surface area contributed by atoms with Crippen LogP contribution in [0.15, 0.2) is 90.1 Å². The van der Waals surface area contributed by atoms with Gasteiger partial charge in [0.15, 0.2) is 0 Å². The molecule has 5 rings (SSSR count). The Labute approximate surface area is 214 Å². The molecule has 0 spiro atoms. The first-order valence-electron chi connectivity index (χ1n) is 11.0. The average molecular weight is 546 g/mol. The highest BCUT2D eigenvalue weighted by atomic mass is 32.2. The summed E-state index contributed by atoms with van der Waals surface area (Å²) in [6.07, 6.45) is -1.61. The van der Waals surface area contributed by atoms with Gasteiger partial charge in [0.2, 0.25) is 0 Å². The first-order valence-corrected chi connectivity index (χ1v) is 13.3. The lowest BCUT2D eigenvalue weighted by molar-refractivity contribution is -0.140. The zero-order valence-electron chi connectivity index (χ0n) is 19.3. The third-order valence-corrected chi connectivity index (χ3v) is 9.07. The molecular weight excluding hydrogens is 526 g/mol. The number of aryl methyl sites for hydroxylation is 1. The SMILES string of the molecule is Cc1c(N(Cc2ccc(F)c(C(F)(F)F)c2)S(=O)(=O)c2ccc(-n3cccn3)cc2)sc2ccccc12. The van der Waals surface area contributed by atoms with Gasteiger partial charge in [-0.05, 0) is 72.0 Å². The van der Waals surface area contributed by atoms with Crippen molar-refractivity contribution < 1.29 is 26.0 Å². The molecule has 0 atom stereocenters. The molecule has 37 heavy (non-hydrogen) atoms. The quantitative estimate of drug-likeness (QED) is 0.217. The number of halogens is 4. The van der Waals surface area contributed by atoms with Gasteiger partial charge in [-0.2, -0.15) is 18.3 Å². The normalized spacial score (nSPS) is 12.2. The van der Waals surface area contributed by atoms with Crippen LogP contribution in [0.2, 0.25) is 0 Å². The molecule has 11 heteroatoms. The van der Waals surface area contributed by atoms with Crippen LogP contribution in [0.3, 0.4) is 0 Å². The maximum Gasteiger partial charge on any atom is 0.419 e. The lowest BCUT2D eigenvalue weighted by atomic mass is 10.1. The van der Waals surface area contributed by atoms with Crippen LogP contribution in [-0.2, 0) is 22.7 Å². The van der Waals surface area contributed by atoms with Crippen molar-refractivity contribution in [2.75, 3.05) is 4.31 Å². The van der Waals surface area contributed by atoms with Crippen molar-refractivity contribution in [2.24, 2.45) is 0 Å². The molecule has 3 aromatic carbocycles. The number of sulfonamides is 1. The van der Waals surface area contributed by atoms with Crippen molar-refractivity contribution in [3.8, 4) is 5.69 Å². The second kappa shape index (κ2) is 9.31. The van der Waals surface area contributed by atoms with Gasteiger partial charge in [0, 0.05) is 17.1 Å². The first-order chi connectivity index (χ1) is 17.6. The summed E-state index contributed by atoms with van der Waals surface area (Å²) >= 11 is 1.22. The van der Waals surface area contributed by atoms with E-state index in [-0.39, 0.29) is 10.5 Å². The molecule has 2 heterocycles. The Morgan fingerprint density at radius 1 is 1.00 bits per heavy atom. The summed E-state index contributed by atoms with van der Waals surface area (Å²) in [5.41, 5.74) is -0.126. The predicted molar refractivity (Wildman–Crippen MR) is 135 cm³/mol. The zero-order chi connectivity index (χ0) is 26.4. The Kier molecular flexibility index (Phi) is 6.28. The van der Waals surface area contributed by atoms with E-state index in [4.69, 9.17) is 0 Å². The van der Waals surface area contributed by atoms with Crippen molar-refractivity contribution in [3.05, 3.63) is 108 Å². The van der Waals surface area contributed by atoms with Crippen LogP contribution in [-0.4, -0.2) is 18.2 Å². The van der Waals surface area contributed by atoms with Crippen molar-refractivity contribution in [1.29, 1.82) is 0 Å². The molecule has 0 radical (unpaired) electrons. The van der Waals surface area contributed by atoms with Gasteiger partial charge in [0.25, 0.3) is 10.0 Å². The lowest BCUT2D eigenvalue weighted by Crippen LogP contribution is -2.30. The van der Waals surface area contributed by atoms with E-state index < -0.39 is 34.1 Å². The van der Waals surface area contributed by atoms with E-state index in [1.54, 1.807) is 42.2 Å². The maximum atomic E-state index is 13.9. The summed E-state index contributed by atoms with van der Waals surface area (Å²) in [6, 6.07) is 17.6. The molecule has 0 saturated carbocycles. The molecule has 0 aliphatic heterocycles. The van der Waals surface area contributed by atoms with Crippen molar-refractivity contribution in [2.45, 2.75) is 24.5 Å². The minimum absolute atomic E-state index is 0.00215. The highest BCUT2D eigenvalue weighted by Gasteiger charge is 2.35. The summed E-state index contributed by atoms with van der Waals surface area (Å²) in [6.45, 7) is 1.35. The molecule has 5 aromatic rings. The highest BCUT2D eigenvalue weighted by Crippen LogP contribution is 2.41. The van der Waals surface area contributed by atoms with Gasteiger partial charge < -0.3 is 0 Å². The van der Waals surface area contributed by atoms with E-state index in [1.807, 2.05) is 24.3 Å². The molecule has 5 nitrogen and oxygen atoms in total. The number of fused-ring (bicyclic) bond motifs is 1. The van der Waals surface area contributed by atoms with Crippen LogP contribution in [0.4, 0.5) is 22.6 Å². The fourth-order valence-corrected chi connectivity index (χ4v) is 6.97. The molecule has 0 unspecified atom stereocenters. The van der Waals surface area contributed by atoms with Crippen LogP contribution >= 0.6 is 11.3 Å². The number of alkyl halides is 3. The molecular formula is C26H19F4N3O2S2. The molecule has 2 aromatic heterocycles. The fraction of sp³-hybridized carbons (Fsp3) is 0.115. The smallest absolute Gasteiger partial charge is 0.252 e. The summed E-state index contributed by atoms with van der Waals surface area (Å²) in [4.78, 5) is -0.0431. The zero-order valence-corrected chi connectivity index (χ0v) is 20.9. The average Bonchev–Trinajstić information content (AvgIpc) is 3.52. The van der Waals surface area contributed by atoms with Crippen molar-refractivity contribution >= 4 is 36.4 Å². The Balaban J connectivity index is 1.62. The monoisotopic (exact) mass is 545 g/mol. The molecule has 0 amide bonds. The third kappa shape index (κ3) is 4.72. The van der Waals surface area contributed by atoms with E-state index in [0.717, 1.165) is 20.5 Å². The largest absolute Gasteiger partial charge is 0.419 e. The fourth-order valence-electron chi connectivity index (χ4n) is 4.04. The number of rotatable bonds is 6. The van der Waals surface area contributed by atoms with Crippen LogP contribution in [0, 0.1) is 12.7 Å².